The van der Waals surface area contributed by atoms with Gasteiger partial charge in [0.1, 0.15) is 0 Å². The number of aromatic nitrogens is 2. The number of hydrogen-bond donors (Lipinski definition) is 0. The van der Waals surface area contributed by atoms with Gasteiger partial charge in [0.25, 0.3) is 0 Å². The lowest BCUT2D eigenvalue weighted by Crippen LogP contribution is -2.35. The molecule has 0 aromatic carbocycles. The van der Waals surface area contributed by atoms with Crippen molar-refractivity contribution in [2.45, 2.75) is 58.3 Å². The Balaban J connectivity index is 0.000000186. The third kappa shape index (κ3) is 18.8. The van der Waals surface area contributed by atoms with Crippen molar-refractivity contribution in [3.8, 4) is 0 Å². The van der Waals surface area contributed by atoms with Crippen LogP contribution in [0.25, 0.3) is 0 Å². The van der Waals surface area contributed by atoms with Gasteiger partial charge in [-0.05, 0) is 58.4 Å². The first-order valence-corrected chi connectivity index (χ1v) is 11.7. The summed E-state index contributed by atoms with van der Waals surface area (Å²) < 4.78 is 11.9. The fraction of sp³-hybridized carbons (Fsp3) is 0.870. The van der Waals surface area contributed by atoms with Gasteiger partial charge in [0.05, 0.1) is 13.2 Å². The molecule has 0 unspecified atom stereocenters. The van der Waals surface area contributed by atoms with Gasteiger partial charge in [-0.25, -0.2) is 0 Å². The van der Waals surface area contributed by atoms with Crippen molar-refractivity contribution in [2.75, 3.05) is 66.2 Å². The Hall–Kier alpha value is -0.950. The highest BCUT2D eigenvalue weighted by Crippen LogP contribution is 2.14. The van der Waals surface area contributed by atoms with Crippen LogP contribution in [0.1, 0.15) is 58.3 Å². The van der Waals surface area contributed by atoms with Crippen LogP contribution in [0.3, 0.4) is 0 Å². The largest absolute Gasteiger partial charge is 0.381 e. The summed E-state index contributed by atoms with van der Waals surface area (Å²) in [7, 11) is 4.08. The highest BCUT2D eigenvalue weighted by atomic mass is 16.5. The first kappa shape index (κ1) is 26.1. The van der Waals surface area contributed by atoms with Crippen LogP contribution < -0.4 is 0 Å². The van der Waals surface area contributed by atoms with Crippen LogP contribution in [0, 0.1) is 0 Å². The van der Waals surface area contributed by atoms with Crippen molar-refractivity contribution in [2.24, 2.45) is 7.05 Å². The molecule has 4 aliphatic rings. The van der Waals surface area contributed by atoms with E-state index in [-0.39, 0.29) is 0 Å². The molecule has 0 bridgehead atoms. The monoisotopic (exact) mass is 410 g/mol. The summed E-state index contributed by atoms with van der Waals surface area (Å²) in [6.45, 7) is 12.1. The van der Waals surface area contributed by atoms with Crippen molar-refractivity contribution in [1.82, 2.24) is 19.6 Å². The molecule has 0 amide bonds. The highest BCUT2D eigenvalue weighted by molar-refractivity contribution is 4.75. The first-order valence-electron chi connectivity index (χ1n) is 11.7. The smallest absolute Gasteiger partial charge is 0.0594 e. The normalized spacial score (nSPS) is 21.1. The lowest BCUT2D eigenvalue weighted by atomic mass is 10.1. The van der Waals surface area contributed by atoms with Crippen molar-refractivity contribution in [3.63, 3.8) is 0 Å². The molecular weight excluding hydrogens is 364 g/mol. The first-order chi connectivity index (χ1) is 14.2. The topological polar surface area (TPSA) is 42.8 Å². The minimum absolute atomic E-state index is 0.924. The number of ether oxygens (including phenoxy) is 2. The number of rotatable bonds is 1. The fourth-order valence-electron chi connectivity index (χ4n) is 2.82. The number of morpholine rings is 1. The molecule has 170 valence electrons. The zero-order valence-corrected chi connectivity index (χ0v) is 19.4. The number of aryl methyl sites for hydroxylation is 1. The molecule has 3 aliphatic heterocycles. The number of likely N-dealkylation sites (N-methyl/N-ethyl adjacent to an activating group) is 1. The van der Waals surface area contributed by atoms with E-state index in [2.05, 4.69) is 28.9 Å². The van der Waals surface area contributed by atoms with E-state index >= 15 is 0 Å². The van der Waals surface area contributed by atoms with Gasteiger partial charge in [-0.15, -0.1) is 0 Å². The molecule has 4 heterocycles. The second-order valence-corrected chi connectivity index (χ2v) is 7.97. The van der Waals surface area contributed by atoms with E-state index in [0.29, 0.717) is 0 Å². The summed E-state index contributed by atoms with van der Waals surface area (Å²) in [5, 5.41) is 3.83. The minimum atomic E-state index is 0.924. The summed E-state index contributed by atoms with van der Waals surface area (Å²) >= 11 is 0. The van der Waals surface area contributed by atoms with Crippen LogP contribution in [0.2, 0.25) is 0 Å². The van der Waals surface area contributed by atoms with Gasteiger partial charge < -0.3 is 14.4 Å². The van der Waals surface area contributed by atoms with E-state index in [9.17, 15) is 0 Å². The third-order valence-corrected chi connectivity index (χ3v) is 4.95. The second kappa shape index (κ2) is 19.0. The summed E-state index contributed by atoms with van der Waals surface area (Å²) in [4.78, 5) is 4.78. The molecule has 1 aliphatic carbocycles. The molecule has 5 rings (SSSR count). The molecule has 1 saturated carbocycles. The van der Waals surface area contributed by atoms with Gasteiger partial charge in [-0.1, -0.05) is 32.6 Å². The summed E-state index contributed by atoms with van der Waals surface area (Å²) in [6.07, 6.45) is 15.0. The lowest BCUT2D eigenvalue weighted by molar-refractivity contribution is 0.0405. The summed E-state index contributed by atoms with van der Waals surface area (Å²) in [5.41, 5.74) is 0. The number of likely N-dealkylation sites (tertiary alicyclic amines) is 1. The molecule has 0 spiro atoms. The van der Waals surface area contributed by atoms with E-state index in [1.165, 1.54) is 71.0 Å². The Bertz CT molecular complexity index is 414. The Morgan fingerprint density at radius 2 is 1.28 bits per heavy atom. The molecule has 0 radical (unpaired) electrons. The maximum absolute atomic E-state index is 5.16. The summed E-state index contributed by atoms with van der Waals surface area (Å²) in [5.74, 6) is 0. The molecule has 0 atom stereocenters. The molecule has 4 fully saturated rings. The van der Waals surface area contributed by atoms with E-state index in [1.807, 2.05) is 19.3 Å². The molecule has 1 aromatic heterocycles. The van der Waals surface area contributed by atoms with Crippen LogP contribution in [0.15, 0.2) is 18.5 Å². The van der Waals surface area contributed by atoms with Gasteiger partial charge in [0.15, 0.2) is 0 Å². The zero-order valence-electron chi connectivity index (χ0n) is 19.4. The van der Waals surface area contributed by atoms with Gasteiger partial charge in [-0.2, -0.15) is 5.10 Å². The van der Waals surface area contributed by atoms with Crippen molar-refractivity contribution in [1.29, 1.82) is 0 Å². The number of hydrogen-bond acceptors (Lipinski definition) is 5. The molecule has 1 aromatic rings. The van der Waals surface area contributed by atoms with Gasteiger partial charge >= 0.3 is 0 Å². The van der Waals surface area contributed by atoms with Crippen LogP contribution in [-0.2, 0) is 16.5 Å². The van der Waals surface area contributed by atoms with Crippen LogP contribution in [-0.4, -0.2) is 85.8 Å². The standard InChI is InChI=1S/C6H13NO.C6H13N.C4H6N2.C4H8O.C3H6/c1-2-7-3-5-8-6-4-7;1-7-5-3-2-4-6-7;1-6-4-2-3-5-6;1-2-4-5-3-1;1-2-3-1/h2-6H2,1H3;2-6H2,1H3;2-4H,1H3;1-4H2;1-3H2. The molecule has 29 heavy (non-hydrogen) atoms. The maximum Gasteiger partial charge on any atom is 0.0594 e. The van der Waals surface area contributed by atoms with Crippen molar-refractivity contribution in [3.05, 3.63) is 18.5 Å². The molecule has 3 saturated heterocycles. The predicted molar refractivity (Wildman–Crippen MR) is 121 cm³/mol. The second-order valence-electron chi connectivity index (χ2n) is 7.97. The Morgan fingerprint density at radius 1 is 0.724 bits per heavy atom. The Labute approximate surface area is 179 Å². The van der Waals surface area contributed by atoms with Gasteiger partial charge in [0, 0.05) is 45.7 Å². The molecule has 6 heteroatoms. The zero-order chi connectivity index (χ0) is 21.0. The molecule has 0 N–H and O–H groups in total. The highest BCUT2D eigenvalue weighted by Gasteiger charge is 2.05. The third-order valence-electron chi connectivity index (χ3n) is 4.95. The fourth-order valence-corrected chi connectivity index (χ4v) is 2.82. The van der Waals surface area contributed by atoms with Crippen molar-refractivity contribution < 1.29 is 9.47 Å². The average Bonchev–Trinajstić information content (AvgIpc) is 3.35. The number of piperidine rings is 1. The van der Waals surface area contributed by atoms with Crippen LogP contribution in [0.5, 0.6) is 0 Å². The SMILES string of the molecule is C1CC1.C1CCOC1.CCN1CCOCC1.CN1CCCCC1.Cn1cccn1. The number of nitrogens with zero attached hydrogens (tertiary/aromatic N) is 4. The van der Waals surface area contributed by atoms with Crippen LogP contribution in [0.4, 0.5) is 0 Å². The van der Waals surface area contributed by atoms with Gasteiger partial charge in [0.2, 0.25) is 0 Å². The Kier molecular flexibility index (Phi) is 17.1. The van der Waals surface area contributed by atoms with Gasteiger partial charge in [-0.3, -0.25) is 9.58 Å². The summed E-state index contributed by atoms with van der Waals surface area (Å²) in [6, 6.07) is 1.89. The molecular formula is C23H46N4O2. The quantitative estimate of drug-likeness (QED) is 0.704. The van der Waals surface area contributed by atoms with Crippen molar-refractivity contribution >= 4 is 0 Å². The van der Waals surface area contributed by atoms with E-state index in [0.717, 1.165) is 39.5 Å². The Morgan fingerprint density at radius 3 is 1.52 bits per heavy atom. The van der Waals surface area contributed by atoms with E-state index in [4.69, 9.17) is 9.47 Å². The van der Waals surface area contributed by atoms with E-state index in [1.54, 1.807) is 10.9 Å². The predicted octanol–water partition coefficient (Wildman–Crippen LogP) is 3.83. The lowest BCUT2D eigenvalue weighted by Gasteiger charge is -2.24. The minimum Gasteiger partial charge on any atom is -0.381 e. The molecule has 6 nitrogen and oxygen atoms in total. The average molecular weight is 411 g/mol. The van der Waals surface area contributed by atoms with Crippen LogP contribution >= 0.6 is 0 Å². The maximum atomic E-state index is 5.16. The van der Waals surface area contributed by atoms with E-state index < -0.39 is 0 Å².